The zero-order chi connectivity index (χ0) is 14.7. The third-order valence-electron chi connectivity index (χ3n) is 3.49. The summed E-state index contributed by atoms with van der Waals surface area (Å²) in [5.41, 5.74) is 0.867. The first-order valence-corrected chi connectivity index (χ1v) is 6.82. The number of nitrogens with one attached hydrogen (secondary N) is 1. The predicted octanol–water partition coefficient (Wildman–Crippen LogP) is 2.14. The minimum absolute atomic E-state index is 0.0636. The van der Waals surface area contributed by atoms with Crippen molar-refractivity contribution in [3.63, 3.8) is 0 Å². The minimum Gasteiger partial charge on any atom is -0.493 e. The first-order chi connectivity index (χ1) is 10.3. The van der Waals surface area contributed by atoms with Crippen molar-refractivity contribution in [2.75, 3.05) is 13.2 Å². The molecule has 0 saturated heterocycles. The molecular formula is C16H15NO4. The molecule has 108 valence electrons. The van der Waals surface area contributed by atoms with E-state index in [9.17, 15) is 9.59 Å². The average Bonchev–Trinajstić information content (AvgIpc) is 3.06. The molecule has 21 heavy (non-hydrogen) atoms. The molecule has 1 amide bonds. The Morgan fingerprint density at radius 3 is 2.86 bits per heavy atom. The van der Waals surface area contributed by atoms with Crippen molar-refractivity contribution < 1.29 is 18.7 Å². The molecule has 1 atom stereocenters. The number of fused-ring (bicyclic) bond motifs is 1. The van der Waals surface area contributed by atoms with Crippen LogP contribution in [0.25, 0.3) is 0 Å². The molecule has 2 heterocycles. The second-order valence-electron chi connectivity index (χ2n) is 4.85. The van der Waals surface area contributed by atoms with Gasteiger partial charge in [-0.15, -0.1) is 0 Å². The van der Waals surface area contributed by atoms with Crippen molar-refractivity contribution in [2.24, 2.45) is 0 Å². The maximum absolute atomic E-state index is 12.3. The van der Waals surface area contributed by atoms with E-state index in [2.05, 4.69) is 5.32 Å². The van der Waals surface area contributed by atoms with E-state index in [0.717, 1.165) is 11.3 Å². The highest BCUT2D eigenvalue weighted by atomic mass is 16.5. The summed E-state index contributed by atoms with van der Waals surface area (Å²) in [6.07, 6.45) is 2.04. The van der Waals surface area contributed by atoms with Crippen LogP contribution in [0.5, 0.6) is 5.75 Å². The first-order valence-electron chi connectivity index (χ1n) is 6.82. The SMILES string of the molecule is O=C(CNC(=O)[C@@H]1CCOc2ccccc21)c1ccco1. The summed E-state index contributed by atoms with van der Waals surface area (Å²) in [6.45, 7) is 0.438. The molecule has 5 heteroatoms. The monoisotopic (exact) mass is 285 g/mol. The van der Waals surface area contributed by atoms with Crippen molar-refractivity contribution in [1.82, 2.24) is 5.32 Å². The molecular weight excluding hydrogens is 270 g/mol. The average molecular weight is 285 g/mol. The lowest BCUT2D eigenvalue weighted by molar-refractivity contribution is -0.123. The van der Waals surface area contributed by atoms with E-state index in [1.807, 2.05) is 24.3 Å². The summed E-state index contributed by atoms with van der Waals surface area (Å²) in [5, 5.41) is 2.68. The Kier molecular flexibility index (Phi) is 3.73. The third kappa shape index (κ3) is 2.81. The molecule has 1 aromatic carbocycles. The number of furan rings is 1. The lowest BCUT2D eigenvalue weighted by Crippen LogP contribution is -2.35. The predicted molar refractivity (Wildman–Crippen MR) is 75.3 cm³/mol. The Bertz CT molecular complexity index is 648. The second-order valence-corrected chi connectivity index (χ2v) is 4.85. The Labute approximate surface area is 121 Å². The summed E-state index contributed by atoms with van der Waals surface area (Å²) >= 11 is 0. The van der Waals surface area contributed by atoms with Crippen LogP contribution < -0.4 is 10.1 Å². The fourth-order valence-corrected chi connectivity index (χ4v) is 2.43. The van der Waals surface area contributed by atoms with E-state index < -0.39 is 0 Å². The van der Waals surface area contributed by atoms with Crippen molar-refractivity contribution in [3.8, 4) is 5.75 Å². The van der Waals surface area contributed by atoms with Crippen LogP contribution in [0.4, 0.5) is 0 Å². The van der Waals surface area contributed by atoms with E-state index in [0.29, 0.717) is 13.0 Å². The lowest BCUT2D eigenvalue weighted by atomic mass is 9.92. The summed E-state index contributed by atoms with van der Waals surface area (Å²) in [4.78, 5) is 24.1. The smallest absolute Gasteiger partial charge is 0.228 e. The quantitative estimate of drug-likeness (QED) is 0.874. The number of amides is 1. The molecule has 3 rings (SSSR count). The number of rotatable bonds is 4. The molecule has 0 radical (unpaired) electrons. The van der Waals surface area contributed by atoms with Gasteiger partial charge in [-0.3, -0.25) is 9.59 Å². The minimum atomic E-state index is -0.278. The number of hydrogen-bond donors (Lipinski definition) is 1. The standard InChI is InChI=1S/C16H15NO4/c18-13(15-6-3-8-20-15)10-17-16(19)12-7-9-21-14-5-2-1-4-11(12)14/h1-6,8,12H,7,9-10H2,(H,17,19)/t12-/m1/s1. The maximum Gasteiger partial charge on any atom is 0.228 e. The van der Waals surface area contributed by atoms with Gasteiger partial charge in [-0.2, -0.15) is 0 Å². The number of hydrogen-bond acceptors (Lipinski definition) is 4. The number of para-hydroxylation sites is 1. The number of benzene rings is 1. The van der Waals surface area contributed by atoms with E-state index in [4.69, 9.17) is 9.15 Å². The molecule has 0 aliphatic carbocycles. The molecule has 1 N–H and O–H groups in total. The molecule has 2 aromatic rings. The molecule has 0 saturated carbocycles. The van der Waals surface area contributed by atoms with Crippen LogP contribution >= 0.6 is 0 Å². The fourth-order valence-electron chi connectivity index (χ4n) is 2.43. The normalized spacial score (nSPS) is 16.7. The van der Waals surface area contributed by atoms with Crippen molar-refractivity contribution in [3.05, 3.63) is 54.0 Å². The Morgan fingerprint density at radius 1 is 1.19 bits per heavy atom. The molecule has 1 aliphatic rings. The van der Waals surface area contributed by atoms with Crippen molar-refractivity contribution in [1.29, 1.82) is 0 Å². The fraction of sp³-hybridized carbons (Fsp3) is 0.250. The van der Waals surface area contributed by atoms with E-state index >= 15 is 0 Å². The molecule has 0 fully saturated rings. The number of carbonyl (C=O) groups excluding carboxylic acids is 2. The zero-order valence-electron chi connectivity index (χ0n) is 11.4. The zero-order valence-corrected chi connectivity index (χ0v) is 11.4. The van der Waals surface area contributed by atoms with E-state index in [1.165, 1.54) is 6.26 Å². The molecule has 0 bridgehead atoms. The van der Waals surface area contributed by atoms with Crippen LogP contribution in [0.15, 0.2) is 47.1 Å². The van der Waals surface area contributed by atoms with Gasteiger partial charge in [0.1, 0.15) is 5.75 Å². The third-order valence-corrected chi connectivity index (χ3v) is 3.49. The van der Waals surface area contributed by atoms with Crippen molar-refractivity contribution >= 4 is 11.7 Å². The number of Topliss-reactive ketones (excluding diaryl/α,β-unsaturated/α-hetero) is 1. The largest absolute Gasteiger partial charge is 0.493 e. The Morgan fingerprint density at radius 2 is 2.05 bits per heavy atom. The molecule has 5 nitrogen and oxygen atoms in total. The highest BCUT2D eigenvalue weighted by Gasteiger charge is 2.27. The van der Waals surface area contributed by atoms with Crippen LogP contribution in [0.3, 0.4) is 0 Å². The molecule has 0 spiro atoms. The van der Waals surface area contributed by atoms with Gasteiger partial charge in [0.15, 0.2) is 5.76 Å². The second kappa shape index (κ2) is 5.83. The highest BCUT2D eigenvalue weighted by molar-refractivity contribution is 5.97. The molecule has 0 unspecified atom stereocenters. The van der Waals surface area contributed by atoms with Gasteiger partial charge in [-0.05, 0) is 24.6 Å². The van der Waals surface area contributed by atoms with Gasteiger partial charge in [-0.1, -0.05) is 18.2 Å². The topological polar surface area (TPSA) is 68.5 Å². The number of ketones is 1. The van der Waals surface area contributed by atoms with Gasteiger partial charge in [-0.25, -0.2) is 0 Å². The highest BCUT2D eigenvalue weighted by Crippen LogP contribution is 2.33. The van der Waals surface area contributed by atoms with E-state index in [-0.39, 0.29) is 29.9 Å². The van der Waals surface area contributed by atoms with Crippen LogP contribution in [-0.4, -0.2) is 24.8 Å². The lowest BCUT2D eigenvalue weighted by Gasteiger charge is -2.24. The summed E-state index contributed by atoms with van der Waals surface area (Å²) in [6, 6.07) is 10.7. The van der Waals surface area contributed by atoms with Gasteiger partial charge in [0, 0.05) is 5.56 Å². The van der Waals surface area contributed by atoms with E-state index in [1.54, 1.807) is 12.1 Å². The van der Waals surface area contributed by atoms with Crippen LogP contribution in [0.2, 0.25) is 0 Å². The maximum atomic E-state index is 12.3. The molecule has 1 aromatic heterocycles. The summed E-state index contributed by atoms with van der Waals surface area (Å²) in [5.74, 6) is 0.308. The number of ether oxygens (including phenoxy) is 1. The molecule has 1 aliphatic heterocycles. The summed E-state index contributed by atoms with van der Waals surface area (Å²) in [7, 11) is 0. The van der Waals surface area contributed by atoms with Crippen LogP contribution in [0, 0.1) is 0 Å². The van der Waals surface area contributed by atoms with Crippen molar-refractivity contribution in [2.45, 2.75) is 12.3 Å². The number of carbonyl (C=O) groups is 2. The first kappa shape index (κ1) is 13.4. The Balaban J connectivity index is 1.65. The van der Waals surface area contributed by atoms with Crippen LogP contribution in [0.1, 0.15) is 28.5 Å². The Hall–Kier alpha value is -2.56. The van der Waals surface area contributed by atoms with Gasteiger partial charge < -0.3 is 14.5 Å². The van der Waals surface area contributed by atoms with Crippen LogP contribution in [-0.2, 0) is 4.79 Å². The van der Waals surface area contributed by atoms with Gasteiger partial charge in [0.05, 0.1) is 25.3 Å². The van der Waals surface area contributed by atoms with Gasteiger partial charge in [0.2, 0.25) is 11.7 Å². The van der Waals surface area contributed by atoms with Gasteiger partial charge >= 0.3 is 0 Å². The summed E-state index contributed by atoms with van der Waals surface area (Å²) < 4.78 is 10.5. The van der Waals surface area contributed by atoms with Gasteiger partial charge in [0.25, 0.3) is 0 Å².